The van der Waals surface area contributed by atoms with Crippen molar-refractivity contribution in [2.75, 3.05) is 0 Å². The van der Waals surface area contributed by atoms with Crippen LogP contribution < -0.4 is 0 Å². The zero-order valence-electron chi connectivity index (χ0n) is 9.54. The minimum absolute atomic E-state index is 0.00349. The van der Waals surface area contributed by atoms with Crippen LogP contribution in [0.5, 0.6) is 0 Å². The number of hydrogen-bond donors (Lipinski definition) is 0. The Labute approximate surface area is 104 Å². The lowest BCUT2D eigenvalue weighted by molar-refractivity contribution is -0.385. The van der Waals surface area contributed by atoms with Gasteiger partial charge in [-0.3, -0.25) is 10.1 Å². The van der Waals surface area contributed by atoms with E-state index >= 15 is 0 Å². The molecule has 2 aromatic carbocycles. The number of nitro benzene ring substituents is 1. The Morgan fingerprint density at radius 1 is 1.11 bits per heavy atom. The van der Waals surface area contributed by atoms with Gasteiger partial charge in [-0.05, 0) is 23.3 Å². The van der Waals surface area contributed by atoms with Gasteiger partial charge in [-0.25, -0.2) is 0 Å². The molecule has 2 rings (SSSR count). The normalized spacial score (nSPS) is 9.72. The molecule has 0 saturated carbocycles. The Hall–Kier alpha value is -2.67. The molecule has 88 valence electrons. The molecule has 4 heteroatoms. The summed E-state index contributed by atoms with van der Waals surface area (Å²) in [7, 11) is 0. The van der Waals surface area contributed by atoms with Crippen LogP contribution in [0.1, 0.15) is 5.56 Å². The molecule has 0 aliphatic rings. The number of rotatable bonds is 3. The minimum Gasteiger partial charge on any atom is -0.258 e. The standard InChI is InChI=1S/C14H10N2O2/c15-9-8-13-10-12(6-7-14(13)16(17)18)11-4-2-1-3-5-11/h1-7,10H,8H2. The molecule has 0 spiro atoms. The van der Waals surface area contributed by atoms with Crippen molar-refractivity contribution in [1.29, 1.82) is 5.26 Å². The second kappa shape index (κ2) is 5.11. The highest BCUT2D eigenvalue weighted by atomic mass is 16.6. The monoisotopic (exact) mass is 238 g/mol. The number of nitriles is 1. The highest BCUT2D eigenvalue weighted by Gasteiger charge is 2.14. The Balaban J connectivity index is 2.50. The molecule has 0 amide bonds. The first-order valence-electron chi connectivity index (χ1n) is 5.42. The number of benzene rings is 2. The van der Waals surface area contributed by atoms with Gasteiger partial charge in [-0.2, -0.15) is 5.26 Å². The van der Waals surface area contributed by atoms with Crippen LogP contribution in [0.3, 0.4) is 0 Å². The third-order valence-corrected chi connectivity index (χ3v) is 2.65. The second-order valence-electron chi connectivity index (χ2n) is 3.80. The van der Waals surface area contributed by atoms with Crippen LogP contribution in [0.4, 0.5) is 5.69 Å². The molecule has 0 saturated heterocycles. The Bertz CT molecular complexity index is 615. The maximum atomic E-state index is 10.8. The highest BCUT2D eigenvalue weighted by molar-refractivity contribution is 5.66. The van der Waals surface area contributed by atoms with Crippen LogP contribution >= 0.6 is 0 Å². The topological polar surface area (TPSA) is 66.9 Å². The predicted molar refractivity (Wildman–Crippen MR) is 67.8 cm³/mol. The van der Waals surface area contributed by atoms with E-state index in [0.717, 1.165) is 11.1 Å². The number of nitro groups is 1. The predicted octanol–water partition coefficient (Wildman–Crippen LogP) is 3.33. The molecule has 0 fully saturated rings. The Kier molecular flexibility index (Phi) is 3.35. The summed E-state index contributed by atoms with van der Waals surface area (Å²) in [5.41, 5.74) is 2.30. The lowest BCUT2D eigenvalue weighted by Gasteiger charge is -2.04. The van der Waals surface area contributed by atoms with Crippen LogP contribution in [0.25, 0.3) is 11.1 Å². The zero-order chi connectivity index (χ0) is 13.0. The average Bonchev–Trinajstić information content (AvgIpc) is 2.40. The van der Waals surface area contributed by atoms with E-state index in [0.29, 0.717) is 5.56 Å². The van der Waals surface area contributed by atoms with E-state index in [9.17, 15) is 10.1 Å². The fraction of sp³-hybridized carbons (Fsp3) is 0.0714. The Morgan fingerprint density at radius 3 is 2.44 bits per heavy atom. The minimum atomic E-state index is -0.457. The van der Waals surface area contributed by atoms with Crippen molar-refractivity contribution >= 4 is 5.69 Å². The van der Waals surface area contributed by atoms with Gasteiger partial charge in [0.05, 0.1) is 17.4 Å². The summed E-state index contributed by atoms with van der Waals surface area (Å²) in [6, 6.07) is 16.4. The summed E-state index contributed by atoms with van der Waals surface area (Å²) in [6.07, 6.45) is 0.0387. The van der Waals surface area contributed by atoms with Gasteiger partial charge in [-0.1, -0.05) is 30.3 Å². The number of hydrogen-bond acceptors (Lipinski definition) is 3. The summed E-state index contributed by atoms with van der Waals surface area (Å²) in [5.74, 6) is 0. The fourth-order valence-electron chi connectivity index (χ4n) is 1.80. The first-order valence-corrected chi connectivity index (χ1v) is 5.42. The van der Waals surface area contributed by atoms with Gasteiger partial charge in [0.2, 0.25) is 0 Å². The van der Waals surface area contributed by atoms with Crippen LogP contribution in [0, 0.1) is 21.4 Å². The highest BCUT2D eigenvalue weighted by Crippen LogP contribution is 2.26. The van der Waals surface area contributed by atoms with E-state index < -0.39 is 4.92 Å². The molecule has 18 heavy (non-hydrogen) atoms. The van der Waals surface area contributed by atoms with Crippen molar-refractivity contribution in [3.05, 3.63) is 64.2 Å². The zero-order valence-corrected chi connectivity index (χ0v) is 9.54. The maximum absolute atomic E-state index is 10.8. The van der Waals surface area contributed by atoms with Crippen LogP contribution in [-0.2, 0) is 6.42 Å². The van der Waals surface area contributed by atoms with E-state index in [-0.39, 0.29) is 12.1 Å². The van der Waals surface area contributed by atoms with Crippen LogP contribution in [-0.4, -0.2) is 4.92 Å². The van der Waals surface area contributed by atoms with Crippen LogP contribution in [0.15, 0.2) is 48.5 Å². The van der Waals surface area contributed by atoms with Gasteiger partial charge in [0.1, 0.15) is 0 Å². The molecule has 0 heterocycles. The molecular formula is C14H10N2O2. The van der Waals surface area contributed by atoms with Gasteiger partial charge in [0, 0.05) is 11.6 Å². The quantitative estimate of drug-likeness (QED) is 0.608. The van der Waals surface area contributed by atoms with E-state index in [4.69, 9.17) is 5.26 Å². The molecule has 0 aromatic heterocycles. The summed E-state index contributed by atoms with van der Waals surface area (Å²) >= 11 is 0. The first kappa shape index (κ1) is 11.8. The van der Waals surface area contributed by atoms with Crippen molar-refractivity contribution in [2.24, 2.45) is 0 Å². The molecule has 0 bridgehead atoms. The van der Waals surface area contributed by atoms with Crippen molar-refractivity contribution < 1.29 is 4.92 Å². The lowest BCUT2D eigenvalue weighted by Crippen LogP contribution is -1.95. The van der Waals surface area contributed by atoms with E-state index in [2.05, 4.69) is 0 Å². The summed E-state index contributed by atoms with van der Waals surface area (Å²) in [5, 5.41) is 19.6. The molecule has 0 radical (unpaired) electrons. The second-order valence-corrected chi connectivity index (χ2v) is 3.80. The molecule has 0 aliphatic carbocycles. The SMILES string of the molecule is N#CCc1cc(-c2ccccc2)ccc1[N+](=O)[O-]. The molecule has 2 aromatic rings. The van der Waals surface area contributed by atoms with E-state index in [1.165, 1.54) is 6.07 Å². The molecule has 0 N–H and O–H groups in total. The van der Waals surface area contributed by atoms with Crippen molar-refractivity contribution in [1.82, 2.24) is 0 Å². The Morgan fingerprint density at radius 2 is 1.83 bits per heavy atom. The van der Waals surface area contributed by atoms with E-state index in [1.807, 2.05) is 36.4 Å². The van der Waals surface area contributed by atoms with Crippen molar-refractivity contribution in [2.45, 2.75) is 6.42 Å². The van der Waals surface area contributed by atoms with Crippen LogP contribution in [0.2, 0.25) is 0 Å². The third kappa shape index (κ3) is 2.36. The van der Waals surface area contributed by atoms with Gasteiger partial charge in [0.25, 0.3) is 5.69 Å². The molecule has 0 aliphatic heterocycles. The summed E-state index contributed by atoms with van der Waals surface area (Å²) in [4.78, 5) is 10.4. The molecular weight excluding hydrogens is 228 g/mol. The fourth-order valence-corrected chi connectivity index (χ4v) is 1.80. The average molecular weight is 238 g/mol. The van der Waals surface area contributed by atoms with E-state index in [1.54, 1.807) is 12.1 Å². The van der Waals surface area contributed by atoms with Gasteiger partial charge in [-0.15, -0.1) is 0 Å². The summed E-state index contributed by atoms with van der Waals surface area (Å²) < 4.78 is 0. The van der Waals surface area contributed by atoms with Crippen molar-refractivity contribution in [3.63, 3.8) is 0 Å². The first-order chi connectivity index (χ1) is 8.72. The molecule has 0 unspecified atom stereocenters. The van der Waals surface area contributed by atoms with Gasteiger partial charge >= 0.3 is 0 Å². The van der Waals surface area contributed by atoms with Crippen molar-refractivity contribution in [3.8, 4) is 17.2 Å². The largest absolute Gasteiger partial charge is 0.273 e. The van der Waals surface area contributed by atoms with Gasteiger partial charge in [0.15, 0.2) is 0 Å². The number of nitrogens with zero attached hydrogens (tertiary/aromatic N) is 2. The smallest absolute Gasteiger partial charge is 0.258 e. The lowest BCUT2D eigenvalue weighted by atomic mass is 10.0. The molecule has 4 nitrogen and oxygen atoms in total. The molecule has 0 atom stereocenters. The van der Waals surface area contributed by atoms with Gasteiger partial charge < -0.3 is 0 Å². The maximum Gasteiger partial charge on any atom is 0.273 e. The summed E-state index contributed by atoms with van der Waals surface area (Å²) in [6.45, 7) is 0. The third-order valence-electron chi connectivity index (χ3n) is 2.65.